The van der Waals surface area contributed by atoms with Crippen molar-refractivity contribution in [2.45, 2.75) is 25.7 Å². The van der Waals surface area contributed by atoms with Crippen LogP contribution in [0.4, 0.5) is 5.69 Å². The molecule has 2 N–H and O–H groups in total. The fourth-order valence-electron chi connectivity index (χ4n) is 2.57. The van der Waals surface area contributed by atoms with Crippen LogP contribution in [0, 0.1) is 5.92 Å². The van der Waals surface area contributed by atoms with Crippen molar-refractivity contribution < 1.29 is 9.90 Å². The molecule has 0 saturated heterocycles. The Morgan fingerprint density at radius 2 is 2.10 bits per heavy atom. The highest BCUT2D eigenvalue weighted by Crippen LogP contribution is 2.30. The monoisotopic (exact) mass is 271 g/mol. The number of aromatic nitrogens is 2. The summed E-state index contributed by atoms with van der Waals surface area (Å²) < 4.78 is 0. The average Bonchev–Trinajstić information content (AvgIpc) is 2.41. The van der Waals surface area contributed by atoms with Crippen molar-refractivity contribution in [3.05, 3.63) is 30.0 Å². The molecule has 1 fully saturated rings. The molecular weight excluding hydrogens is 254 g/mol. The number of nitrogens with zero attached hydrogens (tertiary/aromatic N) is 2. The number of aromatic carboxylic acids is 1. The van der Waals surface area contributed by atoms with E-state index in [4.69, 9.17) is 0 Å². The third-order valence-corrected chi connectivity index (χ3v) is 3.95. The molecule has 104 valence electrons. The maximum atomic E-state index is 11.3. The van der Waals surface area contributed by atoms with Crippen molar-refractivity contribution in [1.82, 2.24) is 10.2 Å². The minimum atomic E-state index is -1.05. The molecule has 1 aromatic carbocycles. The number of benzene rings is 1. The van der Waals surface area contributed by atoms with Gasteiger partial charge in [-0.1, -0.05) is 37.5 Å². The van der Waals surface area contributed by atoms with Gasteiger partial charge in [0, 0.05) is 11.9 Å². The average molecular weight is 271 g/mol. The minimum absolute atomic E-state index is 0.00249. The Labute approximate surface area is 117 Å². The van der Waals surface area contributed by atoms with E-state index in [1.807, 2.05) is 24.3 Å². The van der Waals surface area contributed by atoms with E-state index in [0.29, 0.717) is 11.2 Å². The quantitative estimate of drug-likeness (QED) is 0.874. The first-order chi connectivity index (χ1) is 9.75. The molecule has 0 atom stereocenters. The van der Waals surface area contributed by atoms with Crippen LogP contribution in [0.1, 0.15) is 36.2 Å². The van der Waals surface area contributed by atoms with Gasteiger partial charge in [-0.05, 0) is 18.4 Å². The summed E-state index contributed by atoms with van der Waals surface area (Å²) in [4.78, 5) is 11.3. The van der Waals surface area contributed by atoms with Crippen LogP contribution in [0.5, 0.6) is 0 Å². The molecule has 2 aromatic rings. The van der Waals surface area contributed by atoms with E-state index in [1.54, 1.807) is 0 Å². The Hall–Kier alpha value is -2.17. The molecule has 0 amide bonds. The number of rotatable bonds is 5. The van der Waals surface area contributed by atoms with Gasteiger partial charge in [0.05, 0.1) is 11.2 Å². The SMILES string of the molecule is O=C(O)c1nnc2ccccc2c1NCCC1CCC1. The van der Waals surface area contributed by atoms with Crippen molar-refractivity contribution >= 4 is 22.6 Å². The molecule has 0 radical (unpaired) electrons. The molecule has 1 aliphatic rings. The number of carboxylic acids is 1. The smallest absolute Gasteiger partial charge is 0.358 e. The zero-order valence-electron chi connectivity index (χ0n) is 11.2. The van der Waals surface area contributed by atoms with Crippen molar-refractivity contribution in [3.63, 3.8) is 0 Å². The molecule has 20 heavy (non-hydrogen) atoms. The molecular formula is C15H17N3O2. The Bertz CT molecular complexity index is 638. The largest absolute Gasteiger partial charge is 0.476 e. The molecule has 1 saturated carbocycles. The van der Waals surface area contributed by atoms with E-state index in [9.17, 15) is 9.90 Å². The van der Waals surface area contributed by atoms with Crippen molar-refractivity contribution in [2.24, 2.45) is 5.92 Å². The standard InChI is InChI=1S/C15H17N3O2/c19-15(20)14-13(16-9-8-10-4-3-5-10)11-6-1-2-7-12(11)17-18-14/h1-2,6-7,10H,3-5,8-9H2,(H,16,17)(H,19,20). The maximum absolute atomic E-state index is 11.3. The Morgan fingerprint density at radius 3 is 2.80 bits per heavy atom. The number of fused-ring (bicyclic) bond motifs is 1. The number of carbonyl (C=O) groups is 1. The summed E-state index contributed by atoms with van der Waals surface area (Å²) in [5.74, 6) is -0.258. The van der Waals surface area contributed by atoms with Crippen molar-refractivity contribution in [1.29, 1.82) is 0 Å². The fraction of sp³-hybridized carbons (Fsp3) is 0.400. The molecule has 0 aliphatic heterocycles. The molecule has 1 aromatic heterocycles. The highest BCUT2D eigenvalue weighted by molar-refractivity contribution is 6.02. The van der Waals surface area contributed by atoms with Crippen LogP contribution >= 0.6 is 0 Å². The van der Waals surface area contributed by atoms with Crippen LogP contribution in [0.15, 0.2) is 24.3 Å². The van der Waals surface area contributed by atoms with E-state index in [0.717, 1.165) is 24.3 Å². The molecule has 5 nitrogen and oxygen atoms in total. The normalized spacial score (nSPS) is 15.0. The van der Waals surface area contributed by atoms with E-state index in [2.05, 4.69) is 15.5 Å². The third kappa shape index (κ3) is 2.43. The van der Waals surface area contributed by atoms with Gasteiger partial charge in [-0.3, -0.25) is 0 Å². The van der Waals surface area contributed by atoms with Gasteiger partial charge in [0.15, 0.2) is 5.69 Å². The lowest BCUT2D eigenvalue weighted by Gasteiger charge is -2.25. The first-order valence-corrected chi connectivity index (χ1v) is 6.98. The van der Waals surface area contributed by atoms with Crippen LogP contribution in [0.2, 0.25) is 0 Å². The second kappa shape index (κ2) is 5.45. The first-order valence-electron chi connectivity index (χ1n) is 6.98. The van der Waals surface area contributed by atoms with Gasteiger partial charge in [0.25, 0.3) is 0 Å². The van der Waals surface area contributed by atoms with Gasteiger partial charge in [0.2, 0.25) is 0 Å². The van der Waals surface area contributed by atoms with Gasteiger partial charge in [-0.25, -0.2) is 4.79 Å². The molecule has 1 aliphatic carbocycles. The predicted octanol–water partition coefficient (Wildman–Crippen LogP) is 2.93. The zero-order chi connectivity index (χ0) is 13.9. The summed E-state index contributed by atoms with van der Waals surface area (Å²) in [6.45, 7) is 0.778. The second-order valence-corrected chi connectivity index (χ2v) is 5.26. The second-order valence-electron chi connectivity index (χ2n) is 5.26. The highest BCUT2D eigenvalue weighted by Gasteiger charge is 2.19. The highest BCUT2D eigenvalue weighted by atomic mass is 16.4. The third-order valence-electron chi connectivity index (χ3n) is 3.95. The summed E-state index contributed by atoms with van der Waals surface area (Å²) >= 11 is 0. The van der Waals surface area contributed by atoms with Crippen LogP contribution < -0.4 is 5.32 Å². The minimum Gasteiger partial charge on any atom is -0.476 e. The van der Waals surface area contributed by atoms with Gasteiger partial charge < -0.3 is 10.4 Å². The van der Waals surface area contributed by atoms with Gasteiger partial charge in [-0.2, -0.15) is 0 Å². The number of hydrogen-bond donors (Lipinski definition) is 2. The lowest BCUT2D eigenvalue weighted by molar-refractivity contribution is 0.0690. The van der Waals surface area contributed by atoms with E-state index < -0.39 is 5.97 Å². The van der Waals surface area contributed by atoms with Gasteiger partial charge in [0.1, 0.15) is 0 Å². The molecule has 3 rings (SSSR count). The Balaban J connectivity index is 1.88. The van der Waals surface area contributed by atoms with E-state index >= 15 is 0 Å². The topological polar surface area (TPSA) is 75.1 Å². The zero-order valence-corrected chi connectivity index (χ0v) is 11.2. The van der Waals surface area contributed by atoms with Crippen molar-refractivity contribution in [2.75, 3.05) is 11.9 Å². The summed E-state index contributed by atoms with van der Waals surface area (Å²) in [6.07, 6.45) is 4.99. The summed E-state index contributed by atoms with van der Waals surface area (Å²) in [5.41, 5.74) is 1.29. The van der Waals surface area contributed by atoms with Crippen LogP contribution in [0.3, 0.4) is 0 Å². The lowest BCUT2D eigenvalue weighted by atomic mass is 9.83. The van der Waals surface area contributed by atoms with Crippen LogP contribution in [-0.4, -0.2) is 27.8 Å². The number of carboxylic acid groups (broad SMARTS) is 1. The first kappa shape index (κ1) is 12.8. The van der Waals surface area contributed by atoms with Gasteiger partial charge >= 0.3 is 5.97 Å². The predicted molar refractivity (Wildman–Crippen MR) is 76.9 cm³/mol. The molecule has 1 heterocycles. The Morgan fingerprint density at radius 1 is 1.30 bits per heavy atom. The molecule has 0 bridgehead atoms. The van der Waals surface area contributed by atoms with E-state index in [1.165, 1.54) is 19.3 Å². The number of nitrogens with one attached hydrogen (secondary N) is 1. The van der Waals surface area contributed by atoms with Gasteiger partial charge in [-0.15, -0.1) is 10.2 Å². The molecule has 0 spiro atoms. The number of anilines is 1. The fourth-order valence-corrected chi connectivity index (χ4v) is 2.57. The Kier molecular flexibility index (Phi) is 3.50. The van der Waals surface area contributed by atoms with Crippen LogP contribution in [-0.2, 0) is 0 Å². The van der Waals surface area contributed by atoms with E-state index in [-0.39, 0.29) is 5.69 Å². The summed E-state index contributed by atoms with van der Waals surface area (Å²) in [5, 5.41) is 21.1. The molecule has 5 heteroatoms. The summed E-state index contributed by atoms with van der Waals surface area (Å²) in [7, 11) is 0. The lowest BCUT2D eigenvalue weighted by Crippen LogP contribution is -2.17. The van der Waals surface area contributed by atoms with Crippen LogP contribution in [0.25, 0.3) is 10.9 Å². The summed E-state index contributed by atoms with van der Waals surface area (Å²) in [6, 6.07) is 7.47. The van der Waals surface area contributed by atoms with Crippen molar-refractivity contribution in [3.8, 4) is 0 Å². The maximum Gasteiger partial charge on any atom is 0.358 e. The molecule has 0 unspecified atom stereocenters. The number of hydrogen-bond acceptors (Lipinski definition) is 4.